The van der Waals surface area contributed by atoms with E-state index in [1.165, 1.54) is 0 Å². The van der Waals surface area contributed by atoms with E-state index in [1.807, 2.05) is 26.1 Å². The van der Waals surface area contributed by atoms with Gasteiger partial charge in [0.05, 0.1) is 4.90 Å². The first-order valence-electron chi connectivity index (χ1n) is 6.85. The fraction of sp³-hybridized carbons (Fsp3) is 0.571. The molecule has 1 saturated heterocycles. The smallest absolute Gasteiger partial charge is 0.243 e. The van der Waals surface area contributed by atoms with Crippen molar-refractivity contribution in [2.45, 2.75) is 37.1 Å². The maximum atomic E-state index is 12.7. The van der Waals surface area contributed by atoms with Crippen LogP contribution < -0.4 is 5.32 Å². The van der Waals surface area contributed by atoms with Crippen molar-refractivity contribution in [3.63, 3.8) is 0 Å². The van der Waals surface area contributed by atoms with Gasteiger partial charge in [0.2, 0.25) is 10.0 Å². The fourth-order valence-electron chi connectivity index (χ4n) is 2.63. The zero-order valence-corrected chi connectivity index (χ0v) is 13.6. The molecule has 1 heterocycles. The van der Waals surface area contributed by atoms with Gasteiger partial charge in [0, 0.05) is 19.1 Å². The van der Waals surface area contributed by atoms with Crippen molar-refractivity contribution in [2.75, 3.05) is 20.1 Å². The van der Waals surface area contributed by atoms with Gasteiger partial charge in [0.25, 0.3) is 0 Å². The first-order valence-corrected chi connectivity index (χ1v) is 8.29. The Bertz CT molecular complexity index is 534. The molecule has 114 valence electrons. The Balaban J connectivity index is 0.00000200. The Hall–Kier alpha value is -0.620. The lowest BCUT2D eigenvalue weighted by molar-refractivity contribution is 0.379. The predicted molar refractivity (Wildman–Crippen MR) is 83.9 cm³/mol. The molecule has 2 rings (SSSR count). The second-order valence-electron chi connectivity index (χ2n) is 4.97. The highest BCUT2D eigenvalue weighted by atomic mass is 35.5. The highest BCUT2D eigenvalue weighted by Gasteiger charge is 2.34. The second-order valence-corrected chi connectivity index (χ2v) is 6.86. The molecule has 0 radical (unpaired) electrons. The summed E-state index contributed by atoms with van der Waals surface area (Å²) in [5, 5.41) is 3.08. The van der Waals surface area contributed by atoms with E-state index in [9.17, 15) is 8.42 Å². The minimum atomic E-state index is -3.35. The van der Waals surface area contributed by atoms with Gasteiger partial charge in [-0.2, -0.15) is 4.31 Å². The van der Waals surface area contributed by atoms with E-state index in [1.54, 1.807) is 16.4 Å². The van der Waals surface area contributed by atoms with Gasteiger partial charge in [-0.3, -0.25) is 0 Å². The van der Waals surface area contributed by atoms with Crippen molar-refractivity contribution in [1.29, 1.82) is 0 Å². The predicted octanol–water partition coefficient (Wildman–Crippen LogP) is 2.04. The molecule has 0 aromatic heterocycles. The van der Waals surface area contributed by atoms with Gasteiger partial charge in [0.15, 0.2) is 0 Å². The maximum Gasteiger partial charge on any atom is 0.243 e. The molecule has 1 aliphatic rings. The lowest BCUT2D eigenvalue weighted by Crippen LogP contribution is -2.40. The van der Waals surface area contributed by atoms with Crippen LogP contribution in [0.15, 0.2) is 29.2 Å². The number of sulfonamides is 1. The van der Waals surface area contributed by atoms with Crippen LogP contribution in [0, 0.1) is 0 Å². The molecule has 1 N–H and O–H groups in total. The van der Waals surface area contributed by atoms with E-state index in [-0.39, 0.29) is 18.4 Å². The molecule has 0 saturated carbocycles. The van der Waals surface area contributed by atoms with Crippen molar-refractivity contribution < 1.29 is 8.42 Å². The summed E-state index contributed by atoms with van der Waals surface area (Å²) in [5.41, 5.74) is 1.06. The molecule has 1 aromatic rings. The van der Waals surface area contributed by atoms with Crippen LogP contribution in [-0.4, -0.2) is 38.9 Å². The molecular formula is C14H23ClN2O2S. The number of nitrogens with zero attached hydrogens (tertiary/aromatic N) is 1. The van der Waals surface area contributed by atoms with Gasteiger partial charge in [-0.1, -0.05) is 19.1 Å². The highest BCUT2D eigenvalue weighted by molar-refractivity contribution is 7.89. The van der Waals surface area contributed by atoms with E-state index < -0.39 is 10.0 Å². The Labute approximate surface area is 128 Å². The van der Waals surface area contributed by atoms with Gasteiger partial charge in [-0.15, -0.1) is 12.4 Å². The number of benzene rings is 1. The molecule has 1 aromatic carbocycles. The molecule has 0 spiro atoms. The summed E-state index contributed by atoms with van der Waals surface area (Å²) in [6.07, 6.45) is 2.73. The van der Waals surface area contributed by atoms with Crippen molar-refractivity contribution in [1.82, 2.24) is 9.62 Å². The quantitative estimate of drug-likeness (QED) is 0.904. The number of aryl methyl sites for hydroxylation is 1. The van der Waals surface area contributed by atoms with Crippen LogP contribution in [0.2, 0.25) is 0 Å². The lowest BCUT2D eigenvalue weighted by Gasteiger charge is -2.24. The molecule has 4 nitrogen and oxygen atoms in total. The summed E-state index contributed by atoms with van der Waals surface area (Å²) in [6.45, 7) is 3.38. The number of halogens is 1. The third-order valence-corrected chi connectivity index (χ3v) is 5.62. The summed E-state index contributed by atoms with van der Waals surface area (Å²) in [6, 6.07) is 7.37. The van der Waals surface area contributed by atoms with Gasteiger partial charge in [-0.25, -0.2) is 8.42 Å². The maximum absolute atomic E-state index is 12.7. The average molecular weight is 319 g/mol. The molecule has 0 aliphatic carbocycles. The molecule has 20 heavy (non-hydrogen) atoms. The summed E-state index contributed by atoms with van der Waals surface area (Å²) < 4.78 is 27.0. The number of nitrogens with one attached hydrogen (secondary N) is 1. The average Bonchev–Trinajstić information content (AvgIpc) is 2.88. The standard InChI is InChI=1S/C14H22N2O2S.ClH/c1-3-12-6-4-8-14(10-12)19(17,18)16-9-5-7-13(16)11-15-2;/h4,6,8,10,13,15H,3,5,7,9,11H2,1-2H3;1H. The van der Waals surface area contributed by atoms with Gasteiger partial charge in [-0.05, 0) is 44.0 Å². The van der Waals surface area contributed by atoms with Crippen molar-refractivity contribution in [3.05, 3.63) is 29.8 Å². The van der Waals surface area contributed by atoms with Crippen LogP contribution in [0.25, 0.3) is 0 Å². The zero-order chi connectivity index (χ0) is 13.9. The zero-order valence-electron chi connectivity index (χ0n) is 12.0. The minimum absolute atomic E-state index is 0. The summed E-state index contributed by atoms with van der Waals surface area (Å²) in [7, 11) is -1.49. The normalized spacial score (nSPS) is 19.8. The number of rotatable bonds is 5. The Morgan fingerprint density at radius 2 is 2.15 bits per heavy atom. The van der Waals surface area contributed by atoms with Gasteiger partial charge >= 0.3 is 0 Å². The first kappa shape index (κ1) is 17.4. The van der Waals surface area contributed by atoms with Crippen LogP contribution in [0.1, 0.15) is 25.3 Å². The van der Waals surface area contributed by atoms with Crippen molar-refractivity contribution in [3.8, 4) is 0 Å². The molecular weight excluding hydrogens is 296 g/mol. The van der Waals surface area contributed by atoms with E-state index in [0.717, 1.165) is 24.8 Å². The van der Waals surface area contributed by atoms with E-state index in [2.05, 4.69) is 5.32 Å². The van der Waals surface area contributed by atoms with E-state index >= 15 is 0 Å². The third-order valence-electron chi connectivity index (χ3n) is 3.68. The Morgan fingerprint density at radius 3 is 2.80 bits per heavy atom. The van der Waals surface area contributed by atoms with E-state index in [4.69, 9.17) is 0 Å². The largest absolute Gasteiger partial charge is 0.318 e. The number of hydrogen-bond donors (Lipinski definition) is 1. The molecule has 1 atom stereocenters. The van der Waals surface area contributed by atoms with Crippen molar-refractivity contribution >= 4 is 22.4 Å². The summed E-state index contributed by atoms with van der Waals surface area (Å²) in [4.78, 5) is 0.426. The van der Waals surface area contributed by atoms with E-state index in [0.29, 0.717) is 18.0 Å². The van der Waals surface area contributed by atoms with Crippen LogP contribution >= 0.6 is 12.4 Å². The van der Waals surface area contributed by atoms with Crippen LogP contribution in [0.3, 0.4) is 0 Å². The summed E-state index contributed by atoms with van der Waals surface area (Å²) in [5.74, 6) is 0. The van der Waals surface area contributed by atoms with Gasteiger partial charge < -0.3 is 5.32 Å². The SMILES string of the molecule is CCc1cccc(S(=O)(=O)N2CCCC2CNC)c1.Cl. The van der Waals surface area contributed by atoms with Gasteiger partial charge in [0.1, 0.15) is 0 Å². The lowest BCUT2D eigenvalue weighted by atomic mass is 10.2. The van der Waals surface area contributed by atoms with Crippen LogP contribution in [0.4, 0.5) is 0 Å². The summed E-state index contributed by atoms with van der Waals surface area (Å²) >= 11 is 0. The second kappa shape index (κ2) is 7.41. The number of hydrogen-bond acceptors (Lipinski definition) is 3. The topological polar surface area (TPSA) is 49.4 Å². The van der Waals surface area contributed by atoms with Crippen molar-refractivity contribution in [2.24, 2.45) is 0 Å². The molecule has 1 aliphatic heterocycles. The first-order chi connectivity index (χ1) is 9.09. The third kappa shape index (κ3) is 3.52. The fourth-order valence-corrected chi connectivity index (χ4v) is 4.39. The molecule has 1 fully saturated rings. The highest BCUT2D eigenvalue weighted by Crippen LogP contribution is 2.26. The molecule has 1 unspecified atom stereocenters. The monoisotopic (exact) mass is 318 g/mol. The Kier molecular flexibility index (Phi) is 6.45. The van der Waals surface area contributed by atoms with Crippen LogP contribution in [0.5, 0.6) is 0 Å². The number of likely N-dealkylation sites (N-methyl/N-ethyl adjacent to an activating group) is 1. The molecule has 0 amide bonds. The Morgan fingerprint density at radius 1 is 1.40 bits per heavy atom. The minimum Gasteiger partial charge on any atom is -0.318 e. The molecule has 0 bridgehead atoms. The van der Waals surface area contributed by atoms with Crippen LogP contribution in [-0.2, 0) is 16.4 Å². The molecule has 6 heteroatoms.